The van der Waals surface area contributed by atoms with Crippen LogP contribution in [0.5, 0.6) is 0 Å². The van der Waals surface area contributed by atoms with Gasteiger partial charge >= 0.3 is 0 Å². The molecule has 0 bridgehead atoms. The van der Waals surface area contributed by atoms with Crippen LogP contribution in [-0.2, 0) is 10.0 Å². The lowest BCUT2D eigenvalue weighted by molar-refractivity contribution is 0.595. The van der Waals surface area contributed by atoms with Gasteiger partial charge in [0.25, 0.3) is 10.0 Å². The van der Waals surface area contributed by atoms with E-state index in [1.165, 1.54) is 0 Å². The van der Waals surface area contributed by atoms with E-state index in [-0.39, 0.29) is 0 Å². The zero-order chi connectivity index (χ0) is 13.7. The molecule has 0 amide bonds. The van der Waals surface area contributed by atoms with Crippen molar-refractivity contribution < 1.29 is 8.42 Å². The van der Waals surface area contributed by atoms with E-state index in [1.54, 1.807) is 18.2 Å². The number of rotatable bonds is 6. The highest BCUT2D eigenvalue weighted by atomic mass is 32.2. The van der Waals surface area contributed by atoms with Gasteiger partial charge in [0.2, 0.25) is 0 Å². The summed E-state index contributed by atoms with van der Waals surface area (Å²) in [7, 11) is -3.40. The lowest BCUT2D eigenvalue weighted by Gasteiger charge is -2.00. The van der Waals surface area contributed by atoms with Crippen molar-refractivity contribution in [1.29, 1.82) is 0 Å². The lowest BCUT2D eigenvalue weighted by atomic mass is 10.2. The molecule has 1 aliphatic heterocycles. The van der Waals surface area contributed by atoms with Crippen molar-refractivity contribution in [3.8, 4) is 0 Å². The summed E-state index contributed by atoms with van der Waals surface area (Å²) >= 11 is 0. The van der Waals surface area contributed by atoms with Gasteiger partial charge in [-0.1, -0.05) is 25.0 Å². The minimum Gasteiger partial charge on any atom is -0.330 e. The Balaban J connectivity index is 1.99. The van der Waals surface area contributed by atoms with Gasteiger partial charge in [-0.3, -0.25) is 9.71 Å². The molecule has 0 unspecified atom stereocenters. The van der Waals surface area contributed by atoms with Gasteiger partial charge in [-0.05, 0) is 31.5 Å². The molecule has 3 N–H and O–H groups in total. The SMILES string of the molecule is NCCCCCCN=C1NS(=O)(=O)c2ccccc21. The van der Waals surface area contributed by atoms with E-state index >= 15 is 0 Å². The van der Waals surface area contributed by atoms with Crippen molar-refractivity contribution in [2.75, 3.05) is 13.1 Å². The van der Waals surface area contributed by atoms with Gasteiger partial charge in [0.15, 0.2) is 0 Å². The summed E-state index contributed by atoms with van der Waals surface area (Å²) in [4.78, 5) is 4.67. The zero-order valence-corrected chi connectivity index (χ0v) is 11.6. The van der Waals surface area contributed by atoms with Crippen LogP contribution in [0.15, 0.2) is 34.2 Å². The van der Waals surface area contributed by atoms with Crippen molar-refractivity contribution in [2.24, 2.45) is 10.7 Å². The van der Waals surface area contributed by atoms with E-state index in [9.17, 15) is 8.42 Å². The Morgan fingerprint density at radius 3 is 2.63 bits per heavy atom. The van der Waals surface area contributed by atoms with E-state index in [4.69, 9.17) is 5.73 Å². The summed E-state index contributed by atoms with van der Waals surface area (Å²) in [6.07, 6.45) is 4.16. The molecule has 0 aliphatic carbocycles. The van der Waals surface area contributed by atoms with E-state index in [0.717, 1.165) is 32.2 Å². The quantitative estimate of drug-likeness (QED) is 0.769. The molecular weight excluding hydrogens is 262 g/mol. The Morgan fingerprint density at radius 1 is 1.11 bits per heavy atom. The summed E-state index contributed by atoms with van der Waals surface area (Å²) in [5, 5.41) is 0. The maximum absolute atomic E-state index is 11.8. The molecule has 6 heteroatoms. The largest absolute Gasteiger partial charge is 0.330 e. The second kappa shape index (κ2) is 6.16. The maximum Gasteiger partial charge on any atom is 0.263 e. The first kappa shape index (κ1) is 14.0. The van der Waals surface area contributed by atoms with Crippen molar-refractivity contribution >= 4 is 15.9 Å². The number of hydrogen-bond donors (Lipinski definition) is 2. The topological polar surface area (TPSA) is 84.5 Å². The lowest BCUT2D eigenvalue weighted by Crippen LogP contribution is -2.22. The number of nitrogens with one attached hydrogen (secondary N) is 1. The Labute approximate surface area is 114 Å². The molecule has 0 atom stereocenters. The summed E-state index contributed by atoms with van der Waals surface area (Å²) in [6, 6.07) is 6.91. The molecule has 104 valence electrons. The monoisotopic (exact) mass is 281 g/mol. The third-order valence-electron chi connectivity index (χ3n) is 3.04. The van der Waals surface area contributed by atoms with Crippen molar-refractivity contribution in [2.45, 2.75) is 30.6 Å². The Hall–Kier alpha value is -1.40. The number of unbranched alkanes of at least 4 members (excludes halogenated alkanes) is 3. The highest BCUT2D eigenvalue weighted by Crippen LogP contribution is 2.22. The summed E-state index contributed by atoms with van der Waals surface area (Å²) < 4.78 is 26.2. The van der Waals surface area contributed by atoms with Gasteiger partial charge in [-0.15, -0.1) is 0 Å². The number of nitrogens with zero attached hydrogens (tertiary/aromatic N) is 1. The molecule has 1 aliphatic rings. The molecule has 0 spiro atoms. The number of hydrogen-bond acceptors (Lipinski definition) is 4. The molecular formula is C13H19N3O2S. The Morgan fingerprint density at radius 2 is 1.84 bits per heavy atom. The number of sulfonamides is 1. The van der Waals surface area contributed by atoms with Crippen LogP contribution in [0.25, 0.3) is 0 Å². The Bertz CT molecular complexity index is 567. The van der Waals surface area contributed by atoms with E-state index in [0.29, 0.717) is 22.8 Å². The number of amidine groups is 1. The highest BCUT2D eigenvalue weighted by Gasteiger charge is 2.29. The number of benzene rings is 1. The average Bonchev–Trinajstić information content (AvgIpc) is 2.66. The van der Waals surface area contributed by atoms with Crippen molar-refractivity contribution in [3.05, 3.63) is 29.8 Å². The fourth-order valence-electron chi connectivity index (χ4n) is 2.05. The fraction of sp³-hybridized carbons (Fsp3) is 0.462. The Kier molecular flexibility index (Phi) is 4.55. The first-order valence-electron chi connectivity index (χ1n) is 6.52. The maximum atomic E-state index is 11.8. The van der Waals surface area contributed by atoms with Gasteiger partial charge in [-0.25, -0.2) is 8.42 Å². The molecule has 0 radical (unpaired) electrons. The van der Waals surface area contributed by atoms with Gasteiger partial charge in [0.05, 0.1) is 4.90 Å². The molecule has 19 heavy (non-hydrogen) atoms. The minimum atomic E-state index is -3.40. The van der Waals surface area contributed by atoms with Gasteiger partial charge in [0, 0.05) is 12.1 Å². The third kappa shape index (κ3) is 3.33. The van der Waals surface area contributed by atoms with Crippen LogP contribution in [0.2, 0.25) is 0 Å². The predicted molar refractivity (Wildman–Crippen MR) is 75.7 cm³/mol. The first-order chi connectivity index (χ1) is 9.15. The van der Waals surface area contributed by atoms with Crippen molar-refractivity contribution in [1.82, 2.24) is 4.72 Å². The summed E-state index contributed by atoms with van der Waals surface area (Å²) in [6.45, 7) is 1.36. The van der Waals surface area contributed by atoms with Gasteiger partial charge in [0.1, 0.15) is 5.84 Å². The van der Waals surface area contributed by atoms with Crippen LogP contribution in [0.3, 0.4) is 0 Å². The number of fused-ring (bicyclic) bond motifs is 1. The van der Waals surface area contributed by atoms with E-state index in [1.807, 2.05) is 6.07 Å². The van der Waals surface area contributed by atoms with Crippen LogP contribution in [0.4, 0.5) is 0 Å². The predicted octanol–water partition coefficient (Wildman–Crippen LogP) is 1.24. The zero-order valence-electron chi connectivity index (χ0n) is 10.8. The molecule has 1 heterocycles. The number of aliphatic imine (C=N–C) groups is 1. The molecule has 1 aromatic rings. The molecule has 2 rings (SSSR count). The van der Waals surface area contributed by atoms with Crippen LogP contribution in [0.1, 0.15) is 31.2 Å². The van der Waals surface area contributed by atoms with Crippen LogP contribution < -0.4 is 10.5 Å². The normalized spacial score (nSPS) is 18.3. The summed E-state index contributed by atoms with van der Waals surface area (Å²) in [5.74, 6) is 0.467. The molecule has 0 saturated carbocycles. The molecule has 1 aromatic carbocycles. The van der Waals surface area contributed by atoms with Crippen LogP contribution >= 0.6 is 0 Å². The van der Waals surface area contributed by atoms with Gasteiger partial charge in [-0.2, -0.15) is 0 Å². The minimum absolute atomic E-state index is 0.317. The van der Waals surface area contributed by atoms with Crippen LogP contribution in [0, 0.1) is 0 Å². The molecule has 0 saturated heterocycles. The standard InChI is InChI=1S/C13H19N3O2S/c14-9-5-1-2-6-10-15-13-11-7-3-4-8-12(11)19(17,18)16-13/h3-4,7-8H,1-2,5-6,9-10,14H2,(H,15,16). The fourth-order valence-corrected chi connectivity index (χ4v) is 3.30. The van der Waals surface area contributed by atoms with Crippen molar-refractivity contribution in [3.63, 3.8) is 0 Å². The first-order valence-corrected chi connectivity index (χ1v) is 8.00. The molecule has 0 fully saturated rings. The van der Waals surface area contributed by atoms with E-state index < -0.39 is 10.0 Å². The van der Waals surface area contributed by atoms with Gasteiger partial charge < -0.3 is 5.73 Å². The molecule has 0 aromatic heterocycles. The third-order valence-corrected chi connectivity index (χ3v) is 4.44. The smallest absolute Gasteiger partial charge is 0.263 e. The second-order valence-corrected chi connectivity index (χ2v) is 6.19. The second-order valence-electron chi connectivity index (χ2n) is 4.53. The number of nitrogens with two attached hydrogens (primary N) is 1. The highest BCUT2D eigenvalue weighted by molar-refractivity contribution is 7.90. The average molecular weight is 281 g/mol. The van der Waals surface area contributed by atoms with E-state index in [2.05, 4.69) is 9.71 Å². The summed E-state index contributed by atoms with van der Waals surface area (Å²) in [5.41, 5.74) is 6.09. The van der Waals surface area contributed by atoms with Crippen LogP contribution in [-0.4, -0.2) is 27.3 Å². The molecule has 5 nitrogen and oxygen atoms in total.